The molecule has 0 radical (unpaired) electrons. The Kier molecular flexibility index (Phi) is 3.53. The van der Waals surface area contributed by atoms with E-state index in [1.807, 2.05) is 18.2 Å². The van der Waals surface area contributed by atoms with Crippen molar-refractivity contribution < 1.29 is 9.13 Å². The van der Waals surface area contributed by atoms with Gasteiger partial charge in [0, 0.05) is 16.5 Å². The minimum Gasteiger partial charge on any atom is -0.495 e. The van der Waals surface area contributed by atoms with Crippen molar-refractivity contribution in [1.29, 1.82) is 0 Å². The van der Waals surface area contributed by atoms with Gasteiger partial charge in [0.15, 0.2) is 0 Å². The lowest BCUT2D eigenvalue weighted by atomic mass is 9.77. The molecule has 3 atom stereocenters. The third-order valence-electron chi connectivity index (χ3n) is 4.86. The number of methoxy groups -OCH3 is 1. The second kappa shape index (κ2) is 5.57. The Morgan fingerprint density at radius 3 is 2.91 bits per heavy atom. The van der Waals surface area contributed by atoms with Crippen molar-refractivity contribution in [2.45, 2.75) is 18.4 Å². The van der Waals surface area contributed by atoms with E-state index in [1.165, 1.54) is 6.07 Å². The van der Waals surface area contributed by atoms with Crippen LogP contribution in [0.3, 0.4) is 0 Å². The molecule has 2 aliphatic rings. The Hall–Kier alpha value is -2.00. The lowest BCUT2D eigenvalue weighted by Gasteiger charge is -2.38. The Bertz CT molecular complexity index is 789. The first-order valence-corrected chi connectivity index (χ1v) is 8.12. The quantitative estimate of drug-likeness (QED) is 0.753. The molecule has 23 heavy (non-hydrogen) atoms. The normalized spacial score (nSPS) is 24.7. The fourth-order valence-corrected chi connectivity index (χ4v) is 4.12. The van der Waals surface area contributed by atoms with E-state index in [-0.39, 0.29) is 17.8 Å². The summed E-state index contributed by atoms with van der Waals surface area (Å²) in [5.41, 5.74) is 2.95. The summed E-state index contributed by atoms with van der Waals surface area (Å²) in [6.45, 7) is 0. The van der Waals surface area contributed by atoms with Crippen LogP contribution in [0.15, 0.2) is 48.6 Å². The van der Waals surface area contributed by atoms with Crippen LogP contribution >= 0.6 is 11.6 Å². The van der Waals surface area contributed by atoms with E-state index < -0.39 is 0 Å². The molecule has 2 aromatic carbocycles. The molecule has 0 bridgehead atoms. The second-order valence-corrected chi connectivity index (χ2v) is 6.48. The molecule has 118 valence electrons. The van der Waals surface area contributed by atoms with Crippen molar-refractivity contribution in [2.24, 2.45) is 5.92 Å². The van der Waals surface area contributed by atoms with Crippen LogP contribution in [-0.2, 0) is 0 Å². The van der Waals surface area contributed by atoms with E-state index in [0.717, 1.165) is 34.0 Å². The van der Waals surface area contributed by atoms with Crippen molar-refractivity contribution in [2.75, 3.05) is 12.4 Å². The first-order chi connectivity index (χ1) is 11.2. The molecule has 1 N–H and O–H groups in total. The summed E-state index contributed by atoms with van der Waals surface area (Å²) in [5.74, 6) is 1.11. The molecule has 0 aromatic heterocycles. The average molecular weight is 330 g/mol. The van der Waals surface area contributed by atoms with E-state index in [2.05, 4.69) is 17.5 Å². The molecule has 0 saturated heterocycles. The predicted molar refractivity (Wildman–Crippen MR) is 90.8 cm³/mol. The first-order valence-electron chi connectivity index (χ1n) is 7.74. The van der Waals surface area contributed by atoms with Gasteiger partial charge in [-0.1, -0.05) is 35.9 Å². The molecule has 2 aromatic rings. The van der Waals surface area contributed by atoms with Crippen LogP contribution in [0.2, 0.25) is 5.02 Å². The highest BCUT2D eigenvalue weighted by molar-refractivity contribution is 6.32. The van der Waals surface area contributed by atoms with Crippen molar-refractivity contribution in [3.05, 3.63) is 70.5 Å². The third kappa shape index (κ3) is 2.31. The highest BCUT2D eigenvalue weighted by Gasteiger charge is 2.40. The molecule has 1 aliphatic heterocycles. The maximum Gasteiger partial charge on any atom is 0.142 e. The standard InChI is InChI=1S/C19H17ClFNO/c1-23-16-9-8-15(20)17-13-6-3-7-14(13)18(22-19(16)17)11-4-2-5-12(21)10-11/h2-6,8-10,13-14,18,22H,7H2,1H3/t13-,14-,18-/m1/s1. The number of halogens is 2. The van der Waals surface area contributed by atoms with Gasteiger partial charge in [0.1, 0.15) is 11.6 Å². The number of hydrogen-bond acceptors (Lipinski definition) is 2. The summed E-state index contributed by atoms with van der Waals surface area (Å²) in [6.07, 6.45) is 5.35. The zero-order valence-electron chi connectivity index (χ0n) is 12.7. The van der Waals surface area contributed by atoms with Gasteiger partial charge in [0.25, 0.3) is 0 Å². The molecule has 4 heteroatoms. The van der Waals surface area contributed by atoms with E-state index >= 15 is 0 Å². The SMILES string of the molecule is COc1ccc(Cl)c2c1N[C@H](c1cccc(F)c1)[C@@H]1CC=C[C@@H]21. The van der Waals surface area contributed by atoms with Crippen LogP contribution in [0.5, 0.6) is 5.75 Å². The van der Waals surface area contributed by atoms with Crippen molar-refractivity contribution in [1.82, 2.24) is 0 Å². The van der Waals surface area contributed by atoms with Gasteiger partial charge < -0.3 is 10.1 Å². The van der Waals surface area contributed by atoms with Gasteiger partial charge in [-0.05, 0) is 42.2 Å². The van der Waals surface area contributed by atoms with Crippen LogP contribution in [0.4, 0.5) is 10.1 Å². The average Bonchev–Trinajstić information content (AvgIpc) is 3.03. The van der Waals surface area contributed by atoms with Crippen LogP contribution in [0.25, 0.3) is 0 Å². The zero-order valence-corrected chi connectivity index (χ0v) is 13.5. The minimum absolute atomic E-state index is 0.0329. The van der Waals surface area contributed by atoms with E-state index in [1.54, 1.807) is 19.2 Å². The van der Waals surface area contributed by atoms with Crippen molar-refractivity contribution in [3.8, 4) is 5.75 Å². The molecule has 0 fully saturated rings. The Balaban J connectivity index is 1.86. The number of hydrogen-bond donors (Lipinski definition) is 1. The topological polar surface area (TPSA) is 21.3 Å². The van der Waals surface area contributed by atoms with Gasteiger partial charge >= 0.3 is 0 Å². The summed E-state index contributed by atoms with van der Waals surface area (Å²) in [5, 5.41) is 4.30. The number of rotatable bonds is 2. The molecular weight excluding hydrogens is 313 g/mol. The maximum absolute atomic E-state index is 13.7. The first kappa shape index (κ1) is 14.6. The van der Waals surface area contributed by atoms with E-state index in [9.17, 15) is 4.39 Å². The summed E-state index contributed by atoms with van der Waals surface area (Å²) < 4.78 is 19.2. The number of allylic oxidation sites excluding steroid dienone is 2. The van der Waals surface area contributed by atoms with Gasteiger partial charge in [-0.25, -0.2) is 4.39 Å². The lowest BCUT2D eigenvalue weighted by Crippen LogP contribution is -2.29. The summed E-state index contributed by atoms with van der Waals surface area (Å²) in [7, 11) is 1.65. The molecule has 0 unspecified atom stereocenters. The molecule has 1 heterocycles. The number of fused-ring (bicyclic) bond motifs is 3. The number of anilines is 1. The second-order valence-electron chi connectivity index (χ2n) is 6.07. The fraction of sp³-hybridized carbons (Fsp3) is 0.263. The molecule has 4 rings (SSSR count). The molecule has 2 nitrogen and oxygen atoms in total. The lowest BCUT2D eigenvalue weighted by molar-refractivity contribution is 0.397. The zero-order chi connectivity index (χ0) is 16.0. The Morgan fingerprint density at radius 1 is 1.26 bits per heavy atom. The van der Waals surface area contributed by atoms with E-state index in [0.29, 0.717) is 5.92 Å². The van der Waals surface area contributed by atoms with Crippen LogP contribution < -0.4 is 10.1 Å². The minimum atomic E-state index is -0.212. The van der Waals surface area contributed by atoms with Gasteiger partial charge in [-0.3, -0.25) is 0 Å². The van der Waals surface area contributed by atoms with Gasteiger partial charge in [0.2, 0.25) is 0 Å². The predicted octanol–water partition coefficient (Wildman–Crippen LogP) is 5.31. The monoisotopic (exact) mass is 329 g/mol. The van der Waals surface area contributed by atoms with Crippen molar-refractivity contribution >= 4 is 17.3 Å². The molecule has 0 amide bonds. The van der Waals surface area contributed by atoms with Crippen LogP contribution in [0, 0.1) is 11.7 Å². The molecule has 1 aliphatic carbocycles. The molecular formula is C19H17ClFNO. The highest BCUT2D eigenvalue weighted by atomic mass is 35.5. The largest absolute Gasteiger partial charge is 0.495 e. The van der Waals surface area contributed by atoms with Gasteiger partial charge in [-0.15, -0.1) is 0 Å². The Morgan fingerprint density at radius 2 is 2.13 bits per heavy atom. The Labute approximate surface area is 139 Å². The summed E-state index contributed by atoms with van der Waals surface area (Å²) >= 11 is 6.47. The molecule has 0 spiro atoms. The van der Waals surface area contributed by atoms with E-state index in [4.69, 9.17) is 16.3 Å². The smallest absolute Gasteiger partial charge is 0.142 e. The number of nitrogens with one attached hydrogen (secondary N) is 1. The molecule has 0 saturated carbocycles. The maximum atomic E-state index is 13.7. The number of ether oxygens (including phenoxy) is 1. The number of benzene rings is 2. The van der Waals surface area contributed by atoms with Crippen LogP contribution in [-0.4, -0.2) is 7.11 Å². The van der Waals surface area contributed by atoms with Gasteiger partial charge in [-0.2, -0.15) is 0 Å². The fourth-order valence-electron chi connectivity index (χ4n) is 3.84. The highest BCUT2D eigenvalue weighted by Crippen LogP contribution is 2.54. The third-order valence-corrected chi connectivity index (χ3v) is 5.19. The van der Waals surface area contributed by atoms with Crippen molar-refractivity contribution in [3.63, 3.8) is 0 Å². The summed E-state index contributed by atoms with van der Waals surface area (Å²) in [4.78, 5) is 0. The van der Waals surface area contributed by atoms with Gasteiger partial charge in [0.05, 0.1) is 18.8 Å². The summed E-state index contributed by atoms with van der Waals surface area (Å²) in [6, 6.07) is 10.6. The van der Waals surface area contributed by atoms with Crippen LogP contribution in [0.1, 0.15) is 29.5 Å².